The first-order chi connectivity index (χ1) is 19.8. The van der Waals surface area contributed by atoms with E-state index in [-0.39, 0.29) is 0 Å². The Morgan fingerprint density at radius 2 is 0.825 bits per heavy atom. The van der Waals surface area contributed by atoms with E-state index in [1.54, 1.807) is 0 Å². The van der Waals surface area contributed by atoms with E-state index in [0.717, 1.165) is 55.6 Å². The highest BCUT2D eigenvalue weighted by atomic mass is 16.4. The molecule has 0 N–H and O–H groups in total. The highest BCUT2D eigenvalue weighted by molar-refractivity contribution is 5.83. The fraction of sp³-hybridized carbons (Fsp3) is 0. The van der Waals surface area contributed by atoms with Crippen LogP contribution < -0.4 is 0 Å². The van der Waals surface area contributed by atoms with E-state index in [1.807, 2.05) is 72.8 Å². The van der Waals surface area contributed by atoms with Gasteiger partial charge in [-0.05, 0) is 69.8 Å². The molecule has 0 amide bonds. The van der Waals surface area contributed by atoms with Crippen LogP contribution in [-0.2, 0) is 0 Å². The molecule has 0 bridgehead atoms. The Bertz CT molecular complexity index is 1830. The summed E-state index contributed by atoms with van der Waals surface area (Å²) < 4.78 is 11.8. The zero-order valence-electron chi connectivity index (χ0n) is 21.6. The maximum atomic E-state index is 5.92. The Labute approximate surface area is 231 Å². The highest BCUT2D eigenvalue weighted by Gasteiger charge is 2.07. The molecule has 2 heterocycles. The van der Waals surface area contributed by atoms with Crippen molar-refractivity contribution in [3.05, 3.63) is 144 Å². The summed E-state index contributed by atoms with van der Waals surface area (Å²) in [6.45, 7) is 0. The Morgan fingerprint density at radius 3 is 1.25 bits per heavy atom. The van der Waals surface area contributed by atoms with Crippen molar-refractivity contribution in [1.29, 1.82) is 0 Å². The van der Waals surface area contributed by atoms with Crippen molar-refractivity contribution in [2.75, 3.05) is 0 Å². The molecule has 5 aromatic carbocycles. The fourth-order valence-electron chi connectivity index (χ4n) is 4.71. The summed E-state index contributed by atoms with van der Waals surface area (Å²) in [5.74, 6) is 1.16. The molecule has 40 heavy (non-hydrogen) atoms. The molecule has 0 radical (unpaired) electrons. The lowest BCUT2D eigenvalue weighted by molar-refractivity contribution is 0.589. The van der Waals surface area contributed by atoms with E-state index in [4.69, 9.17) is 8.83 Å². The van der Waals surface area contributed by atoms with Crippen LogP contribution in [0.2, 0.25) is 0 Å². The van der Waals surface area contributed by atoms with Gasteiger partial charge in [-0.3, -0.25) is 0 Å². The topological polar surface area (TPSA) is 52.1 Å². The lowest BCUT2D eigenvalue weighted by Gasteiger charge is -1.99. The van der Waals surface area contributed by atoms with E-state index in [2.05, 4.69) is 82.8 Å². The highest BCUT2D eigenvalue weighted by Crippen LogP contribution is 2.27. The summed E-state index contributed by atoms with van der Waals surface area (Å²) in [5.41, 5.74) is 9.91. The molecule has 0 aliphatic heterocycles. The number of benzene rings is 5. The van der Waals surface area contributed by atoms with Gasteiger partial charge in [0.25, 0.3) is 0 Å². The molecule has 0 unspecified atom stereocenters. The number of oxazole rings is 2. The monoisotopic (exact) mass is 516 g/mol. The summed E-state index contributed by atoms with van der Waals surface area (Å²) in [4.78, 5) is 9.31. The van der Waals surface area contributed by atoms with Crippen molar-refractivity contribution < 1.29 is 8.83 Å². The number of fused-ring (bicyclic) bond motifs is 2. The quantitative estimate of drug-likeness (QED) is 0.221. The third kappa shape index (κ3) is 4.98. The van der Waals surface area contributed by atoms with Crippen LogP contribution in [0.4, 0.5) is 0 Å². The lowest BCUT2D eigenvalue weighted by Crippen LogP contribution is -1.77. The second kappa shape index (κ2) is 10.4. The predicted molar refractivity (Wildman–Crippen MR) is 163 cm³/mol. The average molecular weight is 517 g/mol. The fourth-order valence-corrected chi connectivity index (χ4v) is 4.71. The summed E-state index contributed by atoms with van der Waals surface area (Å²) in [6.07, 6.45) is 7.80. The molecular weight excluding hydrogens is 492 g/mol. The van der Waals surface area contributed by atoms with Gasteiger partial charge in [0, 0.05) is 12.2 Å². The Hall–Kier alpha value is -5.48. The number of hydrogen-bond acceptors (Lipinski definition) is 4. The summed E-state index contributed by atoms with van der Waals surface area (Å²) in [6, 6.07) is 41.0. The Morgan fingerprint density at radius 1 is 0.400 bits per heavy atom. The molecule has 2 aromatic heterocycles. The van der Waals surface area contributed by atoms with Crippen molar-refractivity contribution in [2.24, 2.45) is 0 Å². The van der Waals surface area contributed by atoms with Crippen molar-refractivity contribution in [1.82, 2.24) is 9.97 Å². The molecule has 4 nitrogen and oxygen atoms in total. The second-order valence-electron chi connectivity index (χ2n) is 9.53. The average Bonchev–Trinajstić information content (AvgIpc) is 3.63. The first-order valence-electron chi connectivity index (χ1n) is 13.2. The lowest BCUT2D eigenvalue weighted by atomic mass is 10.1. The van der Waals surface area contributed by atoms with E-state index in [1.165, 1.54) is 0 Å². The van der Waals surface area contributed by atoms with Gasteiger partial charge >= 0.3 is 0 Å². The zero-order valence-corrected chi connectivity index (χ0v) is 21.6. The van der Waals surface area contributed by atoms with Crippen LogP contribution in [-0.4, -0.2) is 9.97 Å². The maximum Gasteiger partial charge on any atom is 0.220 e. The van der Waals surface area contributed by atoms with E-state index in [0.29, 0.717) is 11.8 Å². The molecule has 0 aliphatic rings. The molecule has 7 aromatic rings. The normalized spacial score (nSPS) is 11.8. The maximum absolute atomic E-state index is 5.92. The van der Waals surface area contributed by atoms with Gasteiger partial charge < -0.3 is 8.83 Å². The molecule has 0 aliphatic carbocycles. The van der Waals surface area contributed by atoms with Gasteiger partial charge in [0.15, 0.2) is 11.2 Å². The van der Waals surface area contributed by atoms with Gasteiger partial charge in [-0.25, -0.2) is 9.97 Å². The minimum Gasteiger partial charge on any atom is -0.437 e. The molecule has 7 rings (SSSR count). The number of rotatable bonds is 6. The third-order valence-electron chi connectivity index (χ3n) is 6.80. The molecule has 4 heteroatoms. The number of aromatic nitrogens is 2. The molecule has 0 fully saturated rings. The minimum absolute atomic E-state index is 0.579. The molecule has 0 atom stereocenters. The van der Waals surface area contributed by atoms with Crippen LogP contribution in [0.25, 0.3) is 68.8 Å². The van der Waals surface area contributed by atoms with E-state index in [9.17, 15) is 0 Å². The summed E-state index contributed by atoms with van der Waals surface area (Å²) >= 11 is 0. The van der Waals surface area contributed by atoms with Crippen LogP contribution in [0.15, 0.2) is 130 Å². The largest absolute Gasteiger partial charge is 0.437 e. The Kier molecular flexibility index (Phi) is 6.11. The standard InChI is InChI=1S/C36H24N2O2/c1-3-7-27(8-4-1)29-17-19-33-31(23-29)37-35(39-33)21-15-25-11-13-26(14-12-25)16-22-36-38-32-24-30(18-20-34(32)40-36)28-9-5-2-6-10-28/h1-24H. The first-order valence-corrected chi connectivity index (χ1v) is 13.2. The van der Waals surface area contributed by atoms with Crippen LogP contribution in [0.3, 0.4) is 0 Å². The second-order valence-corrected chi connectivity index (χ2v) is 9.53. The van der Waals surface area contributed by atoms with Gasteiger partial charge in [-0.15, -0.1) is 0 Å². The smallest absolute Gasteiger partial charge is 0.220 e. The van der Waals surface area contributed by atoms with Gasteiger partial charge in [0.1, 0.15) is 11.0 Å². The molecule has 190 valence electrons. The predicted octanol–water partition coefficient (Wildman–Crippen LogP) is 9.64. The van der Waals surface area contributed by atoms with Gasteiger partial charge in [0.05, 0.1) is 0 Å². The van der Waals surface area contributed by atoms with Crippen LogP contribution in [0, 0.1) is 0 Å². The van der Waals surface area contributed by atoms with E-state index < -0.39 is 0 Å². The Balaban J connectivity index is 1.04. The SMILES string of the molecule is C(=Cc1nc2cc(-c3ccccc3)ccc2o1)c1ccc(C=Cc2nc3cc(-c4ccccc4)ccc3o2)cc1. The van der Waals surface area contributed by atoms with Crippen molar-refractivity contribution in [3.63, 3.8) is 0 Å². The van der Waals surface area contributed by atoms with Crippen LogP contribution in [0.1, 0.15) is 22.9 Å². The first kappa shape index (κ1) is 23.6. The molecule has 0 saturated carbocycles. The molecule has 0 spiro atoms. The van der Waals surface area contributed by atoms with Gasteiger partial charge in [-0.1, -0.05) is 97.1 Å². The zero-order chi connectivity index (χ0) is 26.7. The summed E-state index contributed by atoms with van der Waals surface area (Å²) in [7, 11) is 0. The summed E-state index contributed by atoms with van der Waals surface area (Å²) in [5, 5.41) is 0. The van der Waals surface area contributed by atoms with Crippen LogP contribution >= 0.6 is 0 Å². The van der Waals surface area contributed by atoms with Gasteiger partial charge in [-0.2, -0.15) is 0 Å². The van der Waals surface area contributed by atoms with E-state index >= 15 is 0 Å². The van der Waals surface area contributed by atoms with Gasteiger partial charge in [0.2, 0.25) is 11.8 Å². The third-order valence-corrected chi connectivity index (χ3v) is 6.80. The van der Waals surface area contributed by atoms with Crippen molar-refractivity contribution >= 4 is 46.5 Å². The molecule has 0 saturated heterocycles. The minimum atomic E-state index is 0.579. The number of hydrogen-bond donors (Lipinski definition) is 0. The number of nitrogens with zero attached hydrogens (tertiary/aromatic N) is 2. The van der Waals surface area contributed by atoms with Crippen molar-refractivity contribution in [2.45, 2.75) is 0 Å². The molecular formula is C36H24N2O2. The van der Waals surface area contributed by atoms with Crippen LogP contribution in [0.5, 0.6) is 0 Å². The van der Waals surface area contributed by atoms with Crippen molar-refractivity contribution in [3.8, 4) is 22.3 Å².